The van der Waals surface area contributed by atoms with Crippen LogP contribution in [0.2, 0.25) is 10.0 Å². The van der Waals surface area contributed by atoms with Crippen LogP contribution in [0.5, 0.6) is 0 Å². The molecule has 1 unspecified atom stereocenters. The molecule has 1 aromatic carbocycles. The minimum absolute atomic E-state index is 0.0457. The topological polar surface area (TPSA) is 64.8 Å². The number of morpholine rings is 1. The van der Waals surface area contributed by atoms with E-state index in [4.69, 9.17) is 38.4 Å². The molecule has 0 saturated carbocycles. The van der Waals surface area contributed by atoms with Gasteiger partial charge in [0.05, 0.1) is 23.7 Å². The van der Waals surface area contributed by atoms with Crippen molar-refractivity contribution in [2.75, 3.05) is 32.9 Å². The molecule has 132 valence electrons. The summed E-state index contributed by atoms with van der Waals surface area (Å²) in [5, 5.41) is 0.268. The number of nitrogens with zero attached hydrogens (tertiary/aromatic N) is 1. The third-order valence-electron chi connectivity index (χ3n) is 4.55. The fraction of sp³-hybridized carbons (Fsp3) is 0.562. The Morgan fingerprint density at radius 1 is 1.25 bits per heavy atom. The molecule has 8 heteroatoms. The Morgan fingerprint density at radius 2 is 1.96 bits per heavy atom. The number of nitrogens with two attached hydrogens (primary N) is 1. The summed E-state index contributed by atoms with van der Waals surface area (Å²) in [6.07, 6.45) is 0.472. The van der Waals surface area contributed by atoms with E-state index in [9.17, 15) is 9.18 Å². The summed E-state index contributed by atoms with van der Waals surface area (Å²) in [6, 6.07) is 2.61. The van der Waals surface area contributed by atoms with Gasteiger partial charge >= 0.3 is 0 Å². The molecular formula is C16H19Cl2FN2O3. The number of carbonyl (C=O) groups is 1. The highest BCUT2D eigenvalue weighted by molar-refractivity contribution is 6.35. The van der Waals surface area contributed by atoms with E-state index in [-0.39, 0.29) is 17.5 Å². The summed E-state index contributed by atoms with van der Waals surface area (Å²) in [5.74, 6) is -0.688. The highest BCUT2D eigenvalue weighted by Crippen LogP contribution is 2.33. The van der Waals surface area contributed by atoms with Gasteiger partial charge in [-0.2, -0.15) is 0 Å². The molecule has 2 N–H and O–H groups in total. The van der Waals surface area contributed by atoms with E-state index in [2.05, 4.69) is 0 Å². The minimum Gasteiger partial charge on any atom is -0.381 e. The zero-order chi connectivity index (χ0) is 17.3. The molecule has 3 rings (SSSR count). The molecule has 2 aliphatic rings. The van der Waals surface area contributed by atoms with Gasteiger partial charge < -0.3 is 20.1 Å². The summed E-state index contributed by atoms with van der Waals surface area (Å²) in [7, 11) is 0. The third kappa shape index (κ3) is 3.53. The number of rotatable bonds is 2. The average Bonchev–Trinajstić information content (AvgIpc) is 2.58. The molecule has 0 bridgehead atoms. The number of amides is 1. The number of hydrogen-bond donors (Lipinski definition) is 1. The van der Waals surface area contributed by atoms with Gasteiger partial charge in [0.25, 0.3) is 0 Å². The predicted molar refractivity (Wildman–Crippen MR) is 88.7 cm³/mol. The quantitative estimate of drug-likeness (QED) is 0.805. The first-order chi connectivity index (χ1) is 11.4. The van der Waals surface area contributed by atoms with E-state index in [1.165, 1.54) is 12.1 Å². The van der Waals surface area contributed by atoms with Crippen molar-refractivity contribution in [3.63, 3.8) is 0 Å². The Bertz CT molecular complexity index is 638. The molecule has 0 radical (unpaired) electrons. The summed E-state index contributed by atoms with van der Waals surface area (Å²) in [4.78, 5) is 14.5. The van der Waals surface area contributed by atoms with Crippen LogP contribution in [0.25, 0.3) is 0 Å². The molecule has 2 heterocycles. The van der Waals surface area contributed by atoms with Crippen LogP contribution in [0.3, 0.4) is 0 Å². The first-order valence-electron chi connectivity index (χ1n) is 7.83. The summed E-state index contributed by atoms with van der Waals surface area (Å²) in [5.41, 5.74) is 5.85. The lowest BCUT2D eigenvalue weighted by atomic mass is 9.89. The van der Waals surface area contributed by atoms with Gasteiger partial charge in [-0.3, -0.25) is 4.79 Å². The van der Waals surface area contributed by atoms with Crippen molar-refractivity contribution in [3.05, 3.63) is 33.6 Å². The molecule has 0 aromatic heterocycles. The predicted octanol–water partition coefficient (Wildman–Crippen LogP) is 2.54. The molecule has 5 nitrogen and oxygen atoms in total. The van der Waals surface area contributed by atoms with Gasteiger partial charge in [-0.15, -0.1) is 0 Å². The SMILES string of the molecule is NC1(C(=O)N2CCOC(c3cc(F)c(Cl)cc3Cl)C2)CCOCC1. The molecule has 1 aromatic rings. The normalized spacial score (nSPS) is 24.0. The smallest absolute Gasteiger partial charge is 0.243 e. The molecule has 2 aliphatic heterocycles. The molecule has 0 spiro atoms. The second-order valence-corrected chi connectivity index (χ2v) is 6.98. The molecule has 2 saturated heterocycles. The Morgan fingerprint density at radius 3 is 2.67 bits per heavy atom. The van der Waals surface area contributed by atoms with Gasteiger partial charge in [0.1, 0.15) is 11.9 Å². The van der Waals surface area contributed by atoms with Crippen LogP contribution in [0.4, 0.5) is 4.39 Å². The highest BCUT2D eigenvalue weighted by atomic mass is 35.5. The summed E-state index contributed by atoms with van der Waals surface area (Å²) >= 11 is 11.9. The lowest BCUT2D eigenvalue weighted by molar-refractivity contribution is -0.148. The van der Waals surface area contributed by atoms with Gasteiger partial charge in [0.15, 0.2) is 0 Å². The van der Waals surface area contributed by atoms with Gasteiger partial charge in [-0.25, -0.2) is 4.39 Å². The van der Waals surface area contributed by atoms with E-state index >= 15 is 0 Å². The number of carbonyl (C=O) groups excluding carboxylic acids is 1. The van der Waals surface area contributed by atoms with Gasteiger partial charge in [-0.1, -0.05) is 23.2 Å². The standard InChI is InChI=1S/C16H19Cl2FN2O3/c17-11-8-12(18)13(19)7-10(11)14-9-21(3-6-24-14)15(22)16(20)1-4-23-5-2-16/h7-8,14H,1-6,9,20H2. The van der Waals surface area contributed by atoms with Gasteiger partial charge in [0, 0.05) is 30.3 Å². The second kappa shape index (κ2) is 7.14. The molecule has 0 aliphatic carbocycles. The number of benzene rings is 1. The first-order valence-corrected chi connectivity index (χ1v) is 8.58. The van der Waals surface area contributed by atoms with Crippen LogP contribution in [-0.2, 0) is 14.3 Å². The van der Waals surface area contributed by atoms with Crippen molar-refractivity contribution in [3.8, 4) is 0 Å². The van der Waals surface area contributed by atoms with Crippen molar-refractivity contribution < 1.29 is 18.7 Å². The van der Waals surface area contributed by atoms with E-state index in [0.29, 0.717) is 49.8 Å². The molecule has 2 fully saturated rings. The lowest BCUT2D eigenvalue weighted by Gasteiger charge is -2.40. The van der Waals surface area contributed by atoms with E-state index in [1.807, 2.05) is 0 Å². The lowest BCUT2D eigenvalue weighted by Crippen LogP contribution is -2.60. The van der Waals surface area contributed by atoms with Gasteiger partial charge in [-0.05, 0) is 25.0 Å². The van der Waals surface area contributed by atoms with Crippen molar-refractivity contribution >= 4 is 29.1 Å². The molecule has 1 amide bonds. The van der Waals surface area contributed by atoms with Crippen LogP contribution in [0.15, 0.2) is 12.1 Å². The molecule has 24 heavy (non-hydrogen) atoms. The van der Waals surface area contributed by atoms with Crippen LogP contribution in [0.1, 0.15) is 24.5 Å². The zero-order valence-corrected chi connectivity index (χ0v) is 14.6. The maximum absolute atomic E-state index is 13.8. The molecular weight excluding hydrogens is 358 g/mol. The van der Waals surface area contributed by atoms with Crippen LogP contribution in [0, 0.1) is 5.82 Å². The third-order valence-corrected chi connectivity index (χ3v) is 5.17. The number of halogens is 3. The zero-order valence-electron chi connectivity index (χ0n) is 13.1. The summed E-state index contributed by atoms with van der Waals surface area (Å²) < 4.78 is 24.7. The fourth-order valence-electron chi connectivity index (χ4n) is 3.07. The first kappa shape index (κ1) is 17.9. The fourth-order valence-corrected chi connectivity index (χ4v) is 3.58. The Labute approximate surface area is 149 Å². The number of ether oxygens (including phenoxy) is 2. The molecule has 1 atom stereocenters. The van der Waals surface area contributed by atoms with Crippen molar-refractivity contribution in [1.82, 2.24) is 4.90 Å². The van der Waals surface area contributed by atoms with Crippen LogP contribution in [-0.4, -0.2) is 49.3 Å². The maximum Gasteiger partial charge on any atom is 0.243 e. The van der Waals surface area contributed by atoms with Crippen LogP contribution < -0.4 is 5.73 Å². The Hall–Kier alpha value is -0.920. The largest absolute Gasteiger partial charge is 0.381 e. The Balaban J connectivity index is 1.77. The van der Waals surface area contributed by atoms with Crippen molar-refractivity contribution in [1.29, 1.82) is 0 Å². The van der Waals surface area contributed by atoms with Crippen LogP contribution >= 0.6 is 23.2 Å². The van der Waals surface area contributed by atoms with E-state index in [1.54, 1.807) is 4.90 Å². The second-order valence-electron chi connectivity index (χ2n) is 6.17. The Kier molecular flexibility index (Phi) is 5.32. The summed E-state index contributed by atoms with van der Waals surface area (Å²) in [6.45, 7) is 2.01. The highest BCUT2D eigenvalue weighted by Gasteiger charge is 2.40. The maximum atomic E-state index is 13.8. The average molecular weight is 377 g/mol. The minimum atomic E-state index is -0.908. The number of hydrogen-bond acceptors (Lipinski definition) is 4. The van der Waals surface area contributed by atoms with E-state index < -0.39 is 17.5 Å². The van der Waals surface area contributed by atoms with Crippen molar-refractivity contribution in [2.24, 2.45) is 5.73 Å². The van der Waals surface area contributed by atoms with Crippen molar-refractivity contribution in [2.45, 2.75) is 24.5 Å². The van der Waals surface area contributed by atoms with E-state index in [0.717, 1.165) is 0 Å². The monoisotopic (exact) mass is 376 g/mol. The van der Waals surface area contributed by atoms with Gasteiger partial charge in [0.2, 0.25) is 5.91 Å².